The van der Waals surface area contributed by atoms with Crippen molar-refractivity contribution >= 4 is 22.1 Å². The van der Waals surface area contributed by atoms with Gasteiger partial charge in [-0.05, 0) is 36.1 Å². The normalized spacial score (nSPS) is 10.1. The van der Waals surface area contributed by atoms with Crippen LogP contribution in [0, 0.1) is 12.3 Å². The van der Waals surface area contributed by atoms with E-state index in [1.807, 2.05) is 13.0 Å². The largest absolute Gasteiger partial charge is 0.308 e. The summed E-state index contributed by atoms with van der Waals surface area (Å²) >= 11 is 3.52. The summed E-state index contributed by atoms with van der Waals surface area (Å²) in [4.78, 5) is 0. The van der Waals surface area contributed by atoms with Gasteiger partial charge in [-0.1, -0.05) is 35.3 Å². The first-order valence-electron chi connectivity index (χ1n) is 4.49. The molecular weight excluding hydrogens is 226 g/mol. The van der Waals surface area contributed by atoms with Gasteiger partial charge in [-0.25, -0.2) is 0 Å². The predicted octanol–water partition coefficient (Wildman–Crippen LogP) is 3.71. The van der Waals surface area contributed by atoms with Crippen molar-refractivity contribution in [2.75, 3.05) is 0 Å². The summed E-state index contributed by atoms with van der Waals surface area (Å²) in [5.74, 6) is 0. The second-order valence-electron chi connectivity index (χ2n) is 3.15. The van der Waals surface area contributed by atoms with Crippen LogP contribution in [0.5, 0.6) is 0 Å². The molecule has 0 aliphatic carbocycles. The summed E-state index contributed by atoms with van der Waals surface area (Å²) in [5, 5.41) is 7.35. The number of halogens is 1. The molecular formula is C11H14BrN. The molecule has 0 radical (unpaired) electrons. The van der Waals surface area contributed by atoms with Crippen molar-refractivity contribution in [2.24, 2.45) is 0 Å². The highest BCUT2D eigenvalue weighted by atomic mass is 79.9. The molecule has 0 bridgehead atoms. The Labute approximate surface area is 87.8 Å². The molecule has 1 rings (SSSR count). The Bertz CT molecular complexity index is 318. The van der Waals surface area contributed by atoms with Crippen LogP contribution in [0.1, 0.15) is 30.0 Å². The SMILES string of the molecule is CCCc1c(Br)ccc(C)c1C=N. The fourth-order valence-electron chi connectivity index (χ4n) is 1.46. The van der Waals surface area contributed by atoms with Crippen molar-refractivity contribution in [3.05, 3.63) is 33.3 Å². The van der Waals surface area contributed by atoms with E-state index in [1.54, 1.807) is 0 Å². The van der Waals surface area contributed by atoms with E-state index in [2.05, 4.69) is 28.9 Å². The first-order valence-corrected chi connectivity index (χ1v) is 5.28. The molecule has 0 aliphatic rings. The summed E-state index contributed by atoms with van der Waals surface area (Å²) in [5.41, 5.74) is 3.51. The van der Waals surface area contributed by atoms with Gasteiger partial charge in [-0.3, -0.25) is 0 Å². The van der Waals surface area contributed by atoms with E-state index in [1.165, 1.54) is 17.3 Å². The van der Waals surface area contributed by atoms with Crippen molar-refractivity contribution < 1.29 is 0 Å². The zero-order chi connectivity index (χ0) is 9.84. The van der Waals surface area contributed by atoms with E-state index in [0.717, 1.165) is 22.9 Å². The Morgan fingerprint density at radius 2 is 2.15 bits per heavy atom. The molecule has 1 N–H and O–H groups in total. The van der Waals surface area contributed by atoms with Crippen LogP contribution in [-0.4, -0.2) is 6.21 Å². The number of rotatable bonds is 3. The molecule has 0 saturated carbocycles. The lowest BCUT2D eigenvalue weighted by molar-refractivity contribution is 0.913. The van der Waals surface area contributed by atoms with Crippen LogP contribution < -0.4 is 0 Å². The number of hydrogen-bond acceptors (Lipinski definition) is 1. The van der Waals surface area contributed by atoms with E-state index in [0.29, 0.717) is 0 Å². The number of nitrogens with one attached hydrogen (secondary N) is 1. The van der Waals surface area contributed by atoms with Gasteiger partial charge in [0.05, 0.1) is 0 Å². The molecule has 70 valence electrons. The fourth-order valence-corrected chi connectivity index (χ4v) is 2.00. The van der Waals surface area contributed by atoms with Crippen molar-refractivity contribution in [3.8, 4) is 0 Å². The smallest absolute Gasteiger partial charge is 0.0256 e. The second-order valence-corrected chi connectivity index (χ2v) is 4.01. The lowest BCUT2D eigenvalue weighted by Crippen LogP contribution is -1.97. The summed E-state index contributed by atoms with van der Waals surface area (Å²) in [6, 6.07) is 4.11. The Morgan fingerprint density at radius 3 is 2.69 bits per heavy atom. The summed E-state index contributed by atoms with van der Waals surface area (Å²) in [6.07, 6.45) is 3.60. The molecule has 1 nitrogen and oxygen atoms in total. The maximum Gasteiger partial charge on any atom is 0.0256 e. The van der Waals surface area contributed by atoms with Crippen LogP contribution in [-0.2, 0) is 6.42 Å². The standard InChI is InChI=1S/C11H14BrN/c1-3-4-9-10(7-13)8(2)5-6-11(9)12/h5-7,13H,3-4H2,1-2H3. The molecule has 0 heterocycles. The summed E-state index contributed by atoms with van der Waals surface area (Å²) in [7, 11) is 0. The molecule has 2 heteroatoms. The zero-order valence-electron chi connectivity index (χ0n) is 8.02. The van der Waals surface area contributed by atoms with E-state index in [9.17, 15) is 0 Å². The third-order valence-corrected chi connectivity index (χ3v) is 2.91. The fraction of sp³-hybridized carbons (Fsp3) is 0.364. The lowest BCUT2D eigenvalue weighted by Gasteiger charge is -2.09. The van der Waals surface area contributed by atoms with Gasteiger partial charge in [-0.2, -0.15) is 0 Å². The highest BCUT2D eigenvalue weighted by Gasteiger charge is 2.06. The van der Waals surface area contributed by atoms with Gasteiger partial charge < -0.3 is 5.41 Å². The first-order chi connectivity index (χ1) is 6.20. The summed E-state index contributed by atoms with van der Waals surface area (Å²) in [6.45, 7) is 4.20. The van der Waals surface area contributed by atoms with Gasteiger partial charge >= 0.3 is 0 Å². The average Bonchev–Trinajstić information content (AvgIpc) is 2.12. The zero-order valence-corrected chi connectivity index (χ0v) is 9.61. The van der Waals surface area contributed by atoms with Crippen molar-refractivity contribution in [1.29, 1.82) is 5.41 Å². The van der Waals surface area contributed by atoms with Crippen LogP contribution >= 0.6 is 15.9 Å². The Morgan fingerprint density at radius 1 is 1.46 bits per heavy atom. The average molecular weight is 240 g/mol. The van der Waals surface area contributed by atoms with Crippen molar-refractivity contribution in [3.63, 3.8) is 0 Å². The van der Waals surface area contributed by atoms with E-state index >= 15 is 0 Å². The first kappa shape index (κ1) is 10.5. The molecule has 0 spiro atoms. The minimum Gasteiger partial charge on any atom is -0.308 e. The molecule has 1 aromatic rings. The van der Waals surface area contributed by atoms with Gasteiger partial charge in [0, 0.05) is 10.7 Å². The summed E-state index contributed by atoms with van der Waals surface area (Å²) < 4.78 is 1.12. The van der Waals surface area contributed by atoms with E-state index < -0.39 is 0 Å². The molecule has 0 atom stereocenters. The number of hydrogen-bond donors (Lipinski definition) is 1. The van der Waals surface area contributed by atoms with Crippen LogP contribution in [0.25, 0.3) is 0 Å². The van der Waals surface area contributed by atoms with Gasteiger partial charge in [0.2, 0.25) is 0 Å². The minimum atomic E-state index is 1.03. The molecule has 0 saturated heterocycles. The van der Waals surface area contributed by atoms with Gasteiger partial charge in [0.1, 0.15) is 0 Å². The van der Waals surface area contributed by atoms with Crippen molar-refractivity contribution in [1.82, 2.24) is 0 Å². The van der Waals surface area contributed by atoms with Crippen LogP contribution in [0.2, 0.25) is 0 Å². The molecule has 0 unspecified atom stereocenters. The van der Waals surface area contributed by atoms with Gasteiger partial charge in [-0.15, -0.1) is 0 Å². The second kappa shape index (κ2) is 4.56. The monoisotopic (exact) mass is 239 g/mol. The topological polar surface area (TPSA) is 23.9 Å². The van der Waals surface area contributed by atoms with Crippen LogP contribution in [0.4, 0.5) is 0 Å². The van der Waals surface area contributed by atoms with Gasteiger partial charge in [0.15, 0.2) is 0 Å². The van der Waals surface area contributed by atoms with E-state index in [-0.39, 0.29) is 0 Å². The highest BCUT2D eigenvalue weighted by Crippen LogP contribution is 2.23. The Balaban J connectivity index is 3.25. The molecule has 0 aromatic heterocycles. The minimum absolute atomic E-state index is 1.03. The third kappa shape index (κ3) is 2.19. The molecule has 1 aromatic carbocycles. The quantitative estimate of drug-likeness (QED) is 0.779. The van der Waals surface area contributed by atoms with Crippen LogP contribution in [0.15, 0.2) is 16.6 Å². The van der Waals surface area contributed by atoms with E-state index in [4.69, 9.17) is 5.41 Å². The highest BCUT2D eigenvalue weighted by molar-refractivity contribution is 9.10. The Kier molecular flexibility index (Phi) is 3.67. The maximum atomic E-state index is 7.35. The molecule has 0 aliphatic heterocycles. The maximum absolute atomic E-state index is 7.35. The van der Waals surface area contributed by atoms with Crippen LogP contribution in [0.3, 0.4) is 0 Å². The molecule has 0 amide bonds. The lowest BCUT2D eigenvalue weighted by atomic mass is 9.99. The van der Waals surface area contributed by atoms with Gasteiger partial charge in [0.25, 0.3) is 0 Å². The predicted molar refractivity (Wildman–Crippen MR) is 60.8 cm³/mol. The third-order valence-electron chi connectivity index (χ3n) is 2.16. The number of benzene rings is 1. The Hall–Kier alpha value is -0.630. The molecule has 0 fully saturated rings. The molecule has 13 heavy (non-hydrogen) atoms. The number of aryl methyl sites for hydroxylation is 1. The van der Waals surface area contributed by atoms with Crippen molar-refractivity contribution in [2.45, 2.75) is 26.7 Å².